The highest BCUT2D eigenvalue weighted by Crippen LogP contribution is 2.41. The molecule has 1 atom stereocenters. The third-order valence-electron chi connectivity index (χ3n) is 8.57. The van der Waals surface area contributed by atoms with Gasteiger partial charge in [-0.25, -0.2) is 4.79 Å². The number of piperidine rings is 2. The van der Waals surface area contributed by atoms with E-state index in [1.165, 1.54) is 17.0 Å². The highest BCUT2D eigenvalue weighted by atomic mass is 19.4. The Hall–Kier alpha value is -2.54. The number of halogens is 6. The Labute approximate surface area is 229 Å². The van der Waals surface area contributed by atoms with E-state index >= 15 is 0 Å². The van der Waals surface area contributed by atoms with Gasteiger partial charge in [-0.3, -0.25) is 14.6 Å². The molecule has 1 N–H and O–H groups in total. The second-order valence-electron chi connectivity index (χ2n) is 11.4. The number of amides is 1. The summed E-state index contributed by atoms with van der Waals surface area (Å²) in [5.41, 5.74) is -0.210. The fourth-order valence-electron chi connectivity index (χ4n) is 5.94. The number of ether oxygens (including phenoxy) is 1. The summed E-state index contributed by atoms with van der Waals surface area (Å²) in [5, 5.41) is 9.15. The topological polar surface area (TPSA) is 73.3 Å². The average molecular weight is 580 g/mol. The van der Waals surface area contributed by atoms with E-state index in [4.69, 9.17) is 5.11 Å². The van der Waals surface area contributed by atoms with Crippen LogP contribution >= 0.6 is 0 Å². The number of nitrogens with zero attached hydrogens (tertiary/aromatic N) is 3. The Balaban J connectivity index is 1.32. The fourth-order valence-corrected chi connectivity index (χ4v) is 5.94. The molecule has 1 spiro atoms. The summed E-state index contributed by atoms with van der Waals surface area (Å²) < 4.78 is 84.7. The fraction of sp³-hybridized carbons (Fsp3) is 0.704. The van der Waals surface area contributed by atoms with E-state index in [-0.39, 0.29) is 17.5 Å². The van der Waals surface area contributed by atoms with Crippen LogP contribution in [-0.2, 0) is 28.8 Å². The van der Waals surface area contributed by atoms with Crippen LogP contribution in [0.4, 0.5) is 31.1 Å². The number of hydrogen-bond acceptors (Lipinski definition) is 5. The minimum Gasteiger partial charge on any atom is -0.481 e. The number of alkyl halides is 6. The number of likely N-dealkylation sites (tertiary alicyclic amines) is 3. The number of carboxylic acids is 1. The molecule has 7 nitrogen and oxygen atoms in total. The summed E-state index contributed by atoms with van der Waals surface area (Å²) in [6.45, 7) is 3.92. The van der Waals surface area contributed by atoms with Gasteiger partial charge in [-0.05, 0) is 87.8 Å². The first kappa shape index (κ1) is 30.4. The van der Waals surface area contributed by atoms with Gasteiger partial charge in [0.05, 0.1) is 11.5 Å². The lowest BCUT2D eigenvalue weighted by Gasteiger charge is -2.39. The smallest absolute Gasteiger partial charge is 0.425 e. The minimum absolute atomic E-state index is 0.106. The quantitative estimate of drug-likeness (QED) is 0.457. The summed E-state index contributed by atoms with van der Waals surface area (Å²) in [5.74, 6) is -1.32. The van der Waals surface area contributed by atoms with Crippen molar-refractivity contribution in [1.82, 2.24) is 14.7 Å². The number of aliphatic carboxylic acids is 1. The van der Waals surface area contributed by atoms with Gasteiger partial charge in [-0.2, -0.15) is 26.3 Å². The summed E-state index contributed by atoms with van der Waals surface area (Å²) in [6, 6.07) is 4.40. The van der Waals surface area contributed by atoms with Crippen molar-refractivity contribution in [2.75, 3.05) is 39.3 Å². The van der Waals surface area contributed by atoms with Crippen LogP contribution in [0, 0.1) is 11.3 Å². The second kappa shape index (κ2) is 11.8. The second-order valence-corrected chi connectivity index (χ2v) is 11.4. The third-order valence-corrected chi connectivity index (χ3v) is 8.57. The van der Waals surface area contributed by atoms with Gasteiger partial charge in [0.25, 0.3) is 0 Å². The van der Waals surface area contributed by atoms with E-state index in [1.807, 2.05) is 4.90 Å². The first-order valence-electron chi connectivity index (χ1n) is 13.5. The maximum atomic E-state index is 14.0. The van der Waals surface area contributed by atoms with Crippen LogP contribution in [0.5, 0.6) is 0 Å². The van der Waals surface area contributed by atoms with Crippen LogP contribution in [-0.4, -0.2) is 83.4 Å². The molecule has 3 aliphatic heterocycles. The molecule has 3 saturated heterocycles. The molecule has 0 aliphatic carbocycles. The van der Waals surface area contributed by atoms with Crippen molar-refractivity contribution >= 4 is 12.1 Å². The standard InChI is InChI=1S/C27H35F6N3O4/c1-18(26(28,29)30)40-24(39)36-13-8-25(17-36)6-11-35(12-7-25)15-19-2-3-21(22(14-19)27(31,32)33)16-34-9-4-20(5-10-34)23(37)38/h2-3,14,18,20H,4-13,15-17H2,1H3,(H,37,38). The maximum Gasteiger partial charge on any atom is 0.425 e. The van der Waals surface area contributed by atoms with Crippen molar-refractivity contribution in [2.45, 2.75) is 70.6 Å². The molecular weight excluding hydrogens is 544 g/mol. The Bertz CT molecular complexity index is 1060. The van der Waals surface area contributed by atoms with Gasteiger partial charge in [0.2, 0.25) is 0 Å². The van der Waals surface area contributed by atoms with E-state index in [0.29, 0.717) is 83.5 Å². The van der Waals surface area contributed by atoms with Crippen molar-refractivity contribution in [3.05, 3.63) is 34.9 Å². The van der Waals surface area contributed by atoms with Gasteiger partial charge >= 0.3 is 24.4 Å². The first-order chi connectivity index (χ1) is 18.6. The van der Waals surface area contributed by atoms with Crippen molar-refractivity contribution in [2.24, 2.45) is 11.3 Å². The van der Waals surface area contributed by atoms with Crippen LogP contribution < -0.4 is 0 Å². The molecule has 3 aliphatic rings. The molecule has 1 amide bonds. The SMILES string of the molecule is CC(OC(=O)N1CCC2(CCN(Cc3ccc(CN4CCC(C(=O)O)CC4)c(C(F)(F)F)c3)CC2)C1)C(F)(F)F. The zero-order valence-electron chi connectivity index (χ0n) is 22.4. The van der Waals surface area contributed by atoms with Gasteiger partial charge < -0.3 is 14.7 Å². The Morgan fingerprint density at radius 3 is 2.15 bits per heavy atom. The zero-order valence-corrected chi connectivity index (χ0v) is 22.4. The van der Waals surface area contributed by atoms with E-state index in [2.05, 4.69) is 9.64 Å². The van der Waals surface area contributed by atoms with Crippen LogP contribution in [0.25, 0.3) is 0 Å². The highest BCUT2D eigenvalue weighted by Gasteiger charge is 2.45. The first-order valence-corrected chi connectivity index (χ1v) is 13.5. The molecule has 40 heavy (non-hydrogen) atoms. The lowest BCUT2D eigenvalue weighted by molar-refractivity contribution is -0.199. The largest absolute Gasteiger partial charge is 0.481 e. The van der Waals surface area contributed by atoms with Crippen molar-refractivity contribution in [3.63, 3.8) is 0 Å². The molecule has 4 rings (SSSR count). The number of carboxylic acid groups (broad SMARTS) is 1. The van der Waals surface area contributed by atoms with E-state index in [9.17, 15) is 35.9 Å². The van der Waals surface area contributed by atoms with Crippen molar-refractivity contribution in [1.29, 1.82) is 0 Å². The van der Waals surface area contributed by atoms with Gasteiger partial charge in [0.15, 0.2) is 6.10 Å². The predicted molar refractivity (Wildman–Crippen MR) is 132 cm³/mol. The van der Waals surface area contributed by atoms with Gasteiger partial charge in [0, 0.05) is 26.2 Å². The molecule has 224 valence electrons. The Kier molecular flexibility index (Phi) is 8.94. The maximum absolute atomic E-state index is 14.0. The molecular formula is C27H35F6N3O4. The molecule has 1 unspecified atom stereocenters. The molecule has 0 saturated carbocycles. The number of benzene rings is 1. The minimum atomic E-state index is -4.62. The molecule has 1 aromatic carbocycles. The third kappa shape index (κ3) is 7.39. The number of hydrogen-bond donors (Lipinski definition) is 1. The molecule has 3 fully saturated rings. The zero-order chi connectivity index (χ0) is 29.3. The summed E-state index contributed by atoms with van der Waals surface area (Å²) in [4.78, 5) is 28.6. The van der Waals surface area contributed by atoms with Gasteiger partial charge in [-0.15, -0.1) is 0 Å². The summed E-state index contributed by atoms with van der Waals surface area (Å²) in [6.07, 6.45) is -9.47. The summed E-state index contributed by atoms with van der Waals surface area (Å²) in [7, 11) is 0. The Morgan fingerprint density at radius 1 is 0.975 bits per heavy atom. The van der Waals surface area contributed by atoms with Crippen LogP contribution in [0.3, 0.4) is 0 Å². The van der Waals surface area contributed by atoms with Crippen LogP contribution in [0.15, 0.2) is 18.2 Å². The average Bonchev–Trinajstić information content (AvgIpc) is 3.29. The monoisotopic (exact) mass is 579 g/mol. The van der Waals surface area contributed by atoms with Crippen molar-refractivity contribution in [3.8, 4) is 0 Å². The van der Waals surface area contributed by atoms with Crippen LogP contribution in [0.2, 0.25) is 0 Å². The molecule has 0 aromatic heterocycles. The molecule has 1 aromatic rings. The normalized spacial score (nSPS) is 22.0. The van der Waals surface area contributed by atoms with Gasteiger partial charge in [0.1, 0.15) is 0 Å². The highest BCUT2D eigenvalue weighted by molar-refractivity contribution is 5.70. The summed E-state index contributed by atoms with van der Waals surface area (Å²) >= 11 is 0. The molecule has 13 heteroatoms. The van der Waals surface area contributed by atoms with E-state index in [1.54, 1.807) is 6.07 Å². The number of rotatable bonds is 6. The predicted octanol–water partition coefficient (Wildman–Crippen LogP) is 5.38. The van der Waals surface area contributed by atoms with Gasteiger partial charge in [-0.1, -0.05) is 12.1 Å². The number of carbonyl (C=O) groups is 2. The van der Waals surface area contributed by atoms with Crippen molar-refractivity contribution < 1.29 is 45.8 Å². The molecule has 3 heterocycles. The lowest BCUT2D eigenvalue weighted by Crippen LogP contribution is -2.43. The lowest BCUT2D eigenvalue weighted by atomic mass is 9.77. The molecule has 0 bridgehead atoms. The van der Waals surface area contributed by atoms with Crippen LogP contribution in [0.1, 0.15) is 55.7 Å². The Morgan fingerprint density at radius 2 is 1.57 bits per heavy atom. The van der Waals surface area contributed by atoms with E-state index < -0.39 is 42.0 Å². The van der Waals surface area contributed by atoms with E-state index in [0.717, 1.165) is 6.92 Å². The number of carbonyl (C=O) groups excluding carboxylic acids is 1. The molecule has 0 radical (unpaired) electrons.